The van der Waals surface area contributed by atoms with E-state index in [9.17, 15) is 4.79 Å². The van der Waals surface area contributed by atoms with E-state index in [1.807, 2.05) is 11.0 Å². The molecule has 5 heteroatoms. The molecule has 5 nitrogen and oxygen atoms in total. The summed E-state index contributed by atoms with van der Waals surface area (Å²) in [4.78, 5) is 16.6. The molecule has 1 unspecified atom stereocenters. The Hall–Kier alpha value is -2.00. The molecule has 1 amide bonds. The van der Waals surface area contributed by atoms with Gasteiger partial charge in [-0.1, -0.05) is 23.3 Å². The van der Waals surface area contributed by atoms with Crippen molar-refractivity contribution in [3.05, 3.63) is 45.3 Å². The Balaban J connectivity index is 2.05. The Morgan fingerprint density at radius 1 is 1.47 bits per heavy atom. The normalized spacial score (nSPS) is 18.5. The molecule has 1 atom stereocenters. The average Bonchev–Trinajstić information content (AvgIpc) is 2.73. The highest BCUT2D eigenvalue weighted by Crippen LogP contribution is 2.22. The van der Waals surface area contributed by atoms with Crippen LogP contribution in [0.4, 0.5) is 0 Å². The van der Waals surface area contributed by atoms with Crippen LogP contribution in [-0.2, 0) is 11.3 Å². The van der Waals surface area contributed by atoms with E-state index in [0.717, 1.165) is 0 Å². The highest BCUT2D eigenvalue weighted by atomic mass is 16.2. The van der Waals surface area contributed by atoms with E-state index in [1.54, 1.807) is 0 Å². The van der Waals surface area contributed by atoms with Gasteiger partial charge in [0, 0.05) is 31.0 Å². The Morgan fingerprint density at radius 2 is 2.26 bits per heavy atom. The summed E-state index contributed by atoms with van der Waals surface area (Å²) in [6.07, 6.45) is 0.490. The van der Waals surface area contributed by atoms with E-state index in [1.165, 1.54) is 16.7 Å². The van der Waals surface area contributed by atoms with Gasteiger partial charge < -0.3 is 4.90 Å². The molecule has 0 N–H and O–H groups in total. The molecule has 1 aliphatic heterocycles. The molecule has 0 aromatic heterocycles. The molecule has 1 saturated heterocycles. The molecular formula is C14H18N4O. The highest BCUT2D eigenvalue weighted by Gasteiger charge is 2.29. The molecule has 100 valence electrons. The SMILES string of the molecule is Cc1cccc(CN2CC(CN=[N+]=[N-])CC2=O)c1C. The summed E-state index contributed by atoms with van der Waals surface area (Å²) >= 11 is 0. The molecule has 1 heterocycles. The third-order valence-electron chi connectivity index (χ3n) is 3.78. The molecule has 1 aromatic carbocycles. The summed E-state index contributed by atoms with van der Waals surface area (Å²) in [6, 6.07) is 6.17. The molecule has 0 radical (unpaired) electrons. The third-order valence-corrected chi connectivity index (χ3v) is 3.78. The highest BCUT2D eigenvalue weighted by molar-refractivity contribution is 5.78. The monoisotopic (exact) mass is 258 g/mol. The number of hydrogen-bond donors (Lipinski definition) is 0. The second-order valence-electron chi connectivity index (χ2n) is 5.12. The van der Waals surface area contributed by atoms with Crippen LogP contribution < -0.4 is 0 Å². The van der Waals surface area contributed by atoms with E-state index in [2.05, 4.69) is 36.0 Å². The number of azide groups is 1. The second-order valence-corrected chi connectivity index (χ2v) is 5.12. The van der Waals surface area contributed by atoms with Crippen LogP contribution in [0.3, 0.4) is 0 Å². The van der Waals surface area contributed by atoms with Crippen LogP contribution in [0.5, 0.6) is 0 Å². The smallest absolute Gasteiger partial charge is 0.223 e. The number of carbonyl (C=O) groups excluding carboxylic acids is 1. The topological polar surface area (TPSA) is 69.1 Å². The second kappa shape index (κ2) is 5.76. The number of aryl methyl sites for hydroxylation is 1. The molecule has 0 spiro atoms. The van der Waals surface area contributed by atoms with Crippen molar-refractivity contribution < 1.29 is 4.79 Å². The van der Waals surface area contributed by atoms with Gasteiger partial charge in [0.25, 0.3) is 0 Å². The zero-order valence-corrected chi connectivity index (χ0v) is 11.3. The first-order valence-electron chi connectivity index (χ1n) is 6.45. The number of likely N-dealkylation sites (tertiary alicyclic amines) is 1. The Kier molecular flexibility index (Phi) is 4.07. The van der Waals surface area contributed by atoms with Crippen LogP contribution >= 0.6 is 0 Å². The predicted octanol–water partition coefficient (Wildman–Crippen LogP) is 2.96. The van der Waals surface area contributed by atoms with Crippen molar-refractivity contribution in [1.29, 1.82) is 0 Å². The van der Waals surface area contributed by atoms with Crippen LogP contribution in [0, 0.1) is 19.8 Å². The lowest BCUT2D eigenvalue weighted by Crippen LogP contribution is -2.25. The number of benzene rings is 1. The van der Waals surface area contributed by atoms with Gasteiger partial charge in [-0.2, -0.15) is 0 Å². The maximum absolute atomic E-state index is 11.9. The van der Waals surface area contributed by atoms with Gasteiger partial charge in [0.1, 0.15) is 0 Å². The number of amides is 1. The van der Waals surface area contributed by atoms with Gasteiger partial charge in [0.05, 0.1) is 0 Å². The molecule has 2 rings (SSSR count). The lowest BCUT2D eigenvalue weighted by Gasteiger charge is -2.18. The van der Waals surface area contributed by atoms with Gasteiger partial charge in [-0.15, -0.1) is 0 Å². The van der Waals surface area contributed by atoms with Crippen LogP contribution in [0.1, 0.15) is 23.1 Å². The van der Waals surface area contributed by atoms with Crippen LogP contribution in [0.15, 0.2) is 23.3 Å². The molecule has 1 aromatic rings. The first-order chi connectivity index (χ1) is 9.11. The Labute approximate surface area is 112 Å². The maximum atomic E-state index is 11.9. The fraction of sp³-hybridized carbons (Fsp3) is 0.500. The van der Waals surface area contributed by atoms with Gasteiger partial charge in [-0.25, -0.2) is 0 Å². The zero-order chi connectivity index (χ0) is 13.8. The van der Waals surface area contributed by atoms with Gasteiger partial charge in [-0.05, 0) is 42.0 Å². The minimum absolute atomic E-state index is 0.152. The first-order valence-corrected chi connectivity index (χ1v) is 6.45. The fourth-order valence-electron chi connectivity index (χ4n) is 2.47. The minimum Gasteiger partial charge on any atom is -0.338 e. The van der Waals surface area contributed by atoms with Crippen LogP contribution in [0.2, 0.25) is 0 Å². The Bertz CT molecular complexity index is 534. The lowest BCUT2D eigenvalue weighted by atomic mass is 10.0. The standard InChI is InChI=1S/C14H18N4O/c1-10-4-3-5-13(11(10)2)9-18-8-12(6-14(18)19)7-16-17-15/h3-5,12H,6-9H2,1-2H3. The van der Waals surface area contributed by atoms with Gasteiger partial charge in [0.2, 0.25) is 5.91 Å². The number of carbonyl (C=O) groups is 1. The van der Waals surface area contributed by atoms with Gasteiger partial charge in [-0.3, -0.25) is 4.79 Å². The summed E-state index contributed by atoms with van der Waals surface area (Å²) in [5.41, 5.74) is 12.0. The quantitative estimate of drug-likeness (QED) is 0.465. The fourth-order valence-corrected chi connectivity index (χ4v) is 2.47. The molecule has 1 aliphatic rings. The minimum atomic E-state index is 0.152. The first kappa shape index (κ1) is 13.4. The van der Waals surface area contributed by atoms with Crippen molar-refractivity contribution in [3.8, 4) is 0 Å². The summed E-state index contributed by atoms with van der Waals surface area (Å²) in [7, 11) is 0. The number of rotatable bonds is 4. The van der Waals surface area contributed by atoms with Gasteiger partial charge in [0.15, 0.2) is 0 Å². The van der Waals surface area contributed by atoms with Gasteiger partial charge >= 0.3 is 0 Å². The van der Waals surface area contributed by atoms with Crippen molar-refractivity contribution in [2.75, 3.05) is 13.1 Å². The van der Waals surface area contributed by atoms with Crippen LogP contribution in [0.25, 0.3) is 10.4 Å². The molecule has 0 saturated carbocycles. The average molecular weight is 258 g/mol. The van der Waals surface area contributed by atoms with Crippen molar-refractivity contribution in [2.24, 2.45) is 11.0 Å². The molecule has 19 heavy (non-hydrogen) atoms. The lowest BCUT2D eigenvalue weighted by molar-refractivity contribution is -0.128. The van der Waals surface area contributed by atoms with Crippen molar-refractivity contribution in [2.45, 2.75) is 26.8 Å². The van der Waals surface area contributed by atoms with E-state index in [0.29, 0.717) is 26.1 Å². The van der Waals surface area contributed by atoms with E-state index in [4.69, 9.17) is 5.53 Å². The maximum Gasteiger partial charge on any atom is 0.223 e. The third kappa shape index (κ3) is 3.06. The van der Waals surface area contributed by atoms with Crippen molar-refractivity contribution in [1.82, 2.24) is 4.90 Å². The van der Waals surface area contributed by atoms with E-state index in [-0.39, 0.29) is 11.8 Å². The molecule has 1 fully saturated rings. The zero-order valence-electron chi connectivity index (χ0n) is 11.3. The molecular weight excluding hydrogens is 240 g/mol. The molecule has 0 aliphatic carbocycles. The summed E-state index contributed by atoms with van der Waals surface area (Å²) in [5, 5.41) is 3.56. The van der Waals surface area contributed by atoms with Crippen molar-refractivity contribution in [3.63, 3.8) is 0 Å². The van der Waals surface area contributed by atoms with Crippen LogP contribution in [-0.4, -0.2) is 23.9 Å². The summed E-state index contributed by atoms with van der Waals surface area (Å²) in [5.74, 6) is 0.313. The number of hydrogen-bond acceptors (Lipinski definition) is 2. The molecule has 0 bridgehead atoms. The number of nitrogens with zero attached hydrogens (tertiary/aromatic N) is 4. The van der Waals surface area contributed by atoms with Crippen molar-refractivity contribution >= 4 is 5.91 Å². The predicted molar refractivity (Wildman–Crippen MR) is 73.5 cm³/mol. The Morgan fingerprint density at radius 3 is 3.00 bits per heavy atom. The van der Waals surface area contributed by atoms with E-state index < -0.39 is 0 Å². The summed E-state index contributed by atoms with van der Waals surface area (Å²) in [6.45, 7) is 5.91. The van der Waals surface area contributed by atoms with E-state index >= 15 is 0 Å². The summed E-state index contributed by atoms with van der Waals surface area (Å²) < 4.78 is 0. The largest absolute Gasteiger partial charge is 0.338 e.